The predicted octanol–water partition coefficient (Wildman–Crippen LogP) is 5.04. The summed E-state index contributed by atoms with van der Waals surface area (Å²) in [6.07, 6.45) is 21.1. The fourth-order valence-electron chi connectivity index (χ4n) is 3.13. The van der Waals surface area contributed by atoms with Crippen LogP contribution in [0.5, 0.6) is 0 Å². The molecular weight excluding hydrogens is 342 g/mol. The highest BCUT2D eigenvalue weighted by molar-refractivity contribution is 5.71. The summed E-state index contributed by atoms with van der Waals surface area (Å²) in [7, 11) is 0. The zero-order chi connectivity index (χ0) is 20.2. The van der Waals surface area contributed by atoms with E-state index in [1.807, 2.05) is 0 Å². The molecule has 0 aliphatic rings. The van der Waals surface area contributed by atoms with Crippen molar-refractivity contribution < 1.29 is 19.7 Å². The lowest BCUT2D eigenvalue weighted by molar-refractivity contribution is -0.176. The Hall–Kier alpha value is -0.650. The Labute approximate surface area is 167 Å². The summed E-state index contributed by atoms with van der Waals surface area (Å²) >= 11 is 0. The minimum Gasteiger partial charge on any atom is -0.465 e. The molecule has 0 aliphatic carbocycles. The third kappa shape index (κ3) is 23.3. The number of rotatable bonds is 20. The molecule has 0 heterocycles. The largest absolute Gasteiger partial charge is 0.465 e. The molecule has 0 atom stereocenters. The highest BCUT2D eigenvalue weighted by atomic mass is 16.5. The van der Waals surface area contributed by atoms with Crippen LogP contribution in [0.25, 0.3) is 0 Å². The van der Waals surface area contributed by atoms with E-state index in [9.17, 15) is 4.79 Å². The van der Waals surface area contributed by atoms with Gasteiger partial charge in [0.25, 0.3) is 0 Å². The molecule has 0 radical (unpaired) electrons. The van der Waals surface area contributed by atoms with Gasteiger partial charge in [0, 0.05) is 6.92 Å². The van der Waals surface area contributed by atoms with Crippen LogP contribution in [0.15, 0.2) is 0 Å². The summed E-state index contributed by atoms with van der Waals surface area (Å²) in [5.74, 6) is -2.49. The maximum atomic E-state index is 11.3. The molecular formula is C22H45NO4. The van der Waals surface area contributed by atoms with Crippen molar-refractivity contribution in [3.63, 3.8) is 0 Å². The van der Waals surface area contributed by atoms with Crippen LogP contribution in [0.2, 0.25) is 0 Å². The predicted molar refractivity (Wildman–Crippen MR) is 111 cm³/mol. The lowest BCUT2D eigenvalue weighted by Crippen LogP contribution is -2.44. The van der Waals surface area contributed by atoms with E-state index in [1.54, 1.807) is 0 Å². The van der Waals surface area contributed by atoms with E-state index in [-0.39, 0.29) is 6.54 Å². The van der Waals surface area contributed by atoms with Gasteiger partial charge in [0.1, 0.15) is 0 Å². The number of ether oxygens (including phenoxy) is 1. The molecule has 0 unspecified atom stereocenters. The van der Waals surface area contributed by atoms with Crippen molar-refractivity contribution in [3.05, 3.63) is 0 Å². The van der Waals surface area contributed by atoms with E-state index < -0.39 is 11.9 Å². The van der Waals surface area contributed by atoms with Crippen molar-refractivity contribution >= 4 is 5.97 Å². The third-order valence-corrected chi connectivity index (χ3v) is 4.83. The average molecular weight is 388 g/mol. The lowest BCUT2D eigenvalue weighted by atomic mass is 10.0. The Kier molecular flexibility index (Phi) is 18.3. The zero-order valence-corrected chi connectivity index (χ0v) is 17.9. The van der Waals surface area contributed by atoms with E-state index in [4.69, 9.17) is 14.9 Å². The minimum absolute atomic E-state index is 0.192. The first-order valence-corrected chi connectivity index (χ1v) is 11.3. The molecule has 0 spiro atoms. The monoisotopic (exact) mass is 387 g/mol. The van der Waals surface area contributed by atoms with Gasteiger partial charge in [0.2, 0.25) is 5.91 Å². The number of carbonyl (C=O) groups excluding carboxylic acids is 1. The van der Waals surface area contributed by atoms with Gasteiger partial charge in [-0.05, 0) is 6.42 Å². The molecule has 0 aliphatic heterocycles. The minimum atomic E-state index is -2.03. The van der Waals surface area contributed by atoms with Crippen molar-refractivity contribution in [2.45, 2.75) is 122 Å². The molecule has 5 heteroatoms. The first-order chi connectivity index (χ1) is 13.0. The second kappa shape index (κ2) is 18.7. The maximum Gasteiger partial charge on any atom is 0.320 e. The topological polar surface area (TPSA) is 78.8 Å². The Balaban J connectivity index is 3.14. The molecule has 0 aromatic heterocycles. The quantitative estimate of drug-likeness (QED) is 0.155. The van der Waals surface area contributed by atoms with Gasteiger partial charge in [0.15, 0.2) is 0 Å². The molecule has 0 amide bonds. The van der Waals surface area contributed by atoms with Crippen molar-refractivity contribution in [2.75, 3.05) is 13.2 Å². The summed E-state index contributed by atoms with van der Waals surface area (Å²) in [6.45, 7) is 3.65. The number of nitrogens with one attached hydrogen (secondary N) is 1. The van der Waals surface area contributed by atoms with Crippen molar-refractivity contribution in [1.29, 1.82) is 0 Å². The average Bonchev–Trinajstić information content (AvgIpc) is 2.62. The van der Waals surface area contributed by atoms with Crippen molar-refractivity contribution in [2.24, 2.45) is 0 Å². The SMILES string of the molecule is CCCCCCCCCCCCCCCCCCOC(=O)CNC(C)(O)O. The summed E-state index contributed by atoms with van der Waals surface area (Å²) in [6, 6.07) is 0. The molecule has 5 nitrogen and oxygen atoms in total. The Morgan fingerprint density at radius 3 is 1.48 bits per heavy atom. The smallest absolute Gasteiger partial charge is 0.320 e. The zero-order valence-electron chi connectivity index (χ0n) is 17.9. The van der Waals surface area contributed by atoms with Crippen LogP contribution < -0.4 is 5.32 Å². The second-order valence-corrected chi connectivity index (χ2v) is 7.90. The highest BCUT2D eigenvalue weighted by Crippen LogP contribution is 2.13. The van der Waals surface area contributed by atoms with Gasteiger partial charge in [-0.3, -0.25) is 10.1 Å². The fraction of sp³-hybridized carbons (Fsp3) is 0.955. The molecule has 0 rings (SSSR count). The van der Waals surface area contributed by atoms with Gasteiger partial charge in [-0.2, -0.15) is 0 Å². The van der Waals surface area contributed by atoms with Crippen LogP contribution in [0.3, 0.4) is 0 Å². The molecule has 0 bridgehead atoms. The summed E-state index contributed by atoms with van der Waals surface area (Å²) in [5.41, 5.74) is 0. The van der Waals surface area contributed by atoms with E-state index in [0.29, 0.717) is 6.61 Å². The fourth-order valence-corrected chi connectivity index (χ4v) is 3.13. The van der Waals surface area contributed by atoms with Gasteiger partial charge >= 0.3 is 5.97 Å². The molecule has 0 fully saturated rings. The van der Waals surface area contributed by atoms with Crippen LogP contribution >= 0.6 is 0 Å². The number of esters is 1. The number of carbonyl (C=O) groups is 1. The van der Waals surface area contributed by atoms with E-state index in [0.717, 1.165) is 19.8 Å². The van der Waals surface area contributed by atoms with Gasteiger partial charge < -0.3 is 14.9 Å². The van der Waals surface area contributed by atoms with Crippen molar-refractivity contribution in [3.8, 4) is 0 Å². The molecule has 27 heavy (non-hydrogen) atoms. The standard InChI is InChI=1S/C22H45NO4/c1-3-4-5-6-7-8-9-10-11-12-13-14-15-16-17-18-19-27-21(24)20-23-22(2,25)26/h23,25-26H,3-20H2,1-2H3. The Bertz CT molecular complexity index is 329. The van der Waals surface area contributed by atoms with Gasteiger partial charge in [-0.15, -0.1) is 0 Å². The van der Waals surface area contributed by atoms with Gasteiger partial charge in [-0.25, -0.2) is 0 Å². The number of hydrogen-bond acceptors (Lipinski definition) is 5. The van der Waals surface area contributed by atoms with Crippen LogP contribution in [0, 0.1) is 0 Å². The summed E-state index contributed by atoms with van der Waals surface area (Å²) in [4.78, 5) is 11.3. The normalized spacial score (nSPS) is 11.7. The third-order valence-electron chi connectivity index (χ3n) is 4.83. The van der Waals surface area contributed by atoms with Crippen LogP contribution in [0.1, 0.15) is 117 Å². The first kappa shape index (κ1) is 26.4. The highest BCUT2D eigenvalue weighted by Gasteiger charge is 2.15. The Morgan fingerprint density at radius 1 is 0.741 bits per heavy atom. The van der Waals surface area contributed by atoms with Gasteiger partial charge in [-0.1, -0.05) is 103 Å². The van der Waals surface area contributed by atoms with Gasteiger partial charge in [0.05, 0.1) is 13.2 Å². The molecule has 0 aromatic rings. The maximum absolute atomic E-state index is 11.3. The second-order valence-electron chi connectivity index (χ2n) is 7.90. The number of hydrogen-bond donors (Lipinski definition) is 3. The molecule has 0 saturated carbocycles. The van der Waals surface area contributed by atoms with Crippen LogP contribution in [-0.4, -0.2) is 35.2 Å². The Morgan fingerprint density at radius 2 is 1.11 bits per heavy atom. The molecule has 0 aromatic carbocycles. The van der Waals surface area contributed by atoms with E-state index in [2.05, 4.69) is 12.2 Å². The summed E-state index contributed by atoms with van der Waals surface area (Å²) < 4.78 is 5.03. The number of unbranched alkanes of at least 4 members (excludes halogenated alkanes) is 15. The lowest BCUT2D eigenvalue weighted by Gasteiger charge is -2.16. The molecule has 0 saturated heterocycles. The van der Waals surface area contributed by atoms with E-state index in [1.165, 1.54) is 89.9 Å². The van der Waals surface area contributed by atoms with Crippen LogP contribution in [0.4, 0.5) is 0 Å². The van der Waals surface area contributed by atoms with Crippen LogP contribution in [-0.2, 0) is 9.53 Å². The molecule has 162 valence electrons. The van der Waals surface area contributed by atoms with E-state index >= 15 is 0 Å². The summed E-state index contributed by atoms with van der Waals surface area (Å²) in [5, 5.41) is 20.3. The molecule has 3 N–H and O–H groups in total. The van der Waals surface area contributed by atoms with Crippen molar-refractivity contribution in [1.82, 2.24) is 5.32 Å². The number of aliphatic hydroxyl groups is 2. The first-order valence-electron chi connectivity index (χ1n) is 11.3.